The third-order valence-electron chi connectivity index (χ3n) is 11.0. The summed E-state index contributed by atoms with van der Waals surface area (Å²) in [5.41, 5.74) is -0.583. The van der Waals surface area contributed by atoms with Crippen LogP contribution < -0.4 is 0 Å². The number of hydrogen-bond donors (Lipinski definition) is 4. The third kappa shape index (κ3) is 4.02. The van der Waals surface area contributed by atoms with Gasteiger partial charge in [0.05, 0.1) is 23.9 Å². The summed E-state index contributed by atoms with van der Waals surface area (Å²) >= 11 is 0. The third-order valence-corrected chi connectivity index (χ3v) is 11.0. The maximum absolute atomic E-state index is 11.6. The topological polar surface area (TPSA) is 80.9 Å². The highest BCUT2D eigenvalue weighted by Crippen LogP contribution is 2.68. The average molecular weight is 437 g/mol. The van der Waals surface area contributed by atoms with E-state index in [-0.39, 0.29) is 29.1 Å². The van der Waals surface area contributed by atoms with Crippen molar-refractivity contribution in [2.45, 2.75) is 123 Å². The van der Waals surface area contributed by atoms with Crippen molar-refractivity contribution in [2.24, 2.45) is 46.3 Å². The zero-order valence-electron chi connectivity index (χ0n) is 20.6. The molecule has 180 valence electrons. The Bertz CT molecular complexity index is 644. The van der Waals surface area contributed by atoms with Gasteiger partial charge in [-0.1, -0.05) is 33.6 Å². The van der Waals surface area contributed by atoms with Crippen molar-refractivity contribution in [1.82, 2.24) is 0 Å². The Hall–Kier alpha value is -0.160. The highest BCUT2D eigenvalue weighted by molar-refractivity contribution is 5.14. The molecule has 4 aliphatic carbocycles. The van der Waals surface area contributed by atoms with Gasteiger partial charge in [0.1, 0.15) is 0 Å². The number of rotatable bonds is 5. The van der Waals surface area contributed by atoms with E-state index in [9.17, 15) is 20.4 Å². The number of hydrogen-bond acceptors (Lipinski definition) is 4. The minimum Gasteiger partial charge on any atom is -0.393 e. The summed E-state index contributed by atoms with van der Waals surface area (Å²) in [6, 6.07) is 0. The first-order valence-electron chi connectivity index (χ1n) is 13.1. The monoisotopic (exact) mass is 436 g/mol. The maximum atomic E-state index is 11.6. The van der Waals surface area contributed by atoms with Crippen molar-refractivity contribution in [3.63, 3.8) is 0 Å². The smallest absolute Gasteiger partial charge is 0.0602 e. The quantitative estimate of drug-likeness (QED) is 0.511. The minimum atomic E-state index is -0.606. The fourth-order valence-electron chi connectivity index (χ4n) is 9.19. The molecule has 0 heterocycles. The van der Waals surface area contributed by atoms with E-state index in [2.05, 4.69) is 20.8 Å². The van der Waals surface area contributed by atoms with Crippen molar-refractivity contribution in [2.75, 3.05) is 0 Å². The van der Waals surface area contributed by atoms with Crippen LogP contribution in [0.2, 0.25) is 0 Å². The SMILES string of the molecule is C[C@H](CCCC(C)(C)O)[C@H]1CC[C@H]2[C@@H]3[C@H](O)C[C@H]4C[C@@H](O)CC[C@]4(C)[C@H]3C[C@H](O)[C@]12C. The predicted octanol–water partition coefficient (Wildman–Crippen LogP) is 4.53. The van der Waals surface area contributed by atoms with Crippen LogP contribution in [0.3, 0.4) is 0 Å². The molecule has 4 rings (SSSR count). The van der Waals surface area contributed by atoms with E-state index in [1.54, 1.807) is 0 Å². The van der Waals surface area contributed by atoms with Crippen LogP contribution in [-0.4, -0.2) is 44.3 Å². The molecule has 4 fully saturated rings. The van der Waals surface area contributed by atoms with Crippen molar-refractivity contribution in [1.29, 1.82) is 0 Å². The molecule has 4 heteroatoms. The Balaban J connectivity index is 1.54. The van der Waals surface area contributed by atoms with Crippen molar-refractivity contribution in [3.8, 4) is 0 Å². The van der Waals surface area contributed by atoms with E-state index in [0.717, 1.165) is 64.2 Å². The second-order valence-corrected chi connectivity index (χ2v) is 13.2. The highest BCUT2D eigenvalue weighted by Gasteiger charge is 2.65. The fraction of sp³-hybridized carbons (Fsp3) is 1.00. The van der Waals surface area contributed by atoms with Crippen LogP contribution in [0.4, 0.5) is 0 Å². The molecule has 11 atom stereocenters. The predicted molar refractivity (Wildman–Crippen MR) is 123 cm³/mol. The number of aliphatic hydroxyl groups excluding tert-OH is 3. The van der Waals surface area contributed by atoms with Crippen LogP contribution in [0, 0.1) is 46.3 Å². The van der Waals surface area contributed by atoms with Gasteiger partial charge < -0.3 is 20.4 Å². The van der Waals surface area contributed by atoms with Gasteiger partial charge in [-0.3, -0.25) is 0 Å². The van der Waals surface area contributed by atoms with Crippen molar-refractivity contribution in [3.05, 3.63) is 0 Å². The van der Waals surface area contributed by atoms with E-state index in [4.69, 9.17) is 0 Å². The minimum absolute atomic E-state index is 0.117. The van der Waals surface area contributed by atoms with Crippen LogP contribution in [0.15, 0.2) is 0 Å². The maximum Gasteiger partial charge on any atom is 0.0602 e. The van der Waals surface area contributed by atoms with E-state index in [1.165, 1.54) is 0 Å². The molecule has 0 amide bonds. The Morgan fingerprint density at radius 2 is 1.68 bits per heavy atom. The molecule has 0 aromatic heterocycles. The zero-order valence-corrected chi connectivity index (χ0v) is 20.6. The molecule has 0 unspecified atom stereocenters. The molecule has 0 saturated heterocycles. The first-order chi connectivity index (χ1) is 14.4. The van der Waals surface area contributed by atoms with Gasteiger partial charge >= 0.3 is 0 Å². The van der Waals surface area contributed by atoms with E-state index in [0.29, 0.717) is 35.5 Å². The van der Waals surface area contributed by atoms with Gasteiger partial charge in [-0.05, 0) is 112 Å². The van der Waals surface area contributed by atoms with Gasteiger partial charge in [0.25, 0.3) is 0 Å². The van der Waals surface area contributed by atoms with Gasteiger partial charge in [0.15, 0.2) is 0 Å². The first-order valence-corrected chi connectivity index (χ1v) is 13.1. The molecule has 4 N–H and O–H groups in total. The summed E-state index contributed by atoms with van der Waals surface area (Å²) in [6.45, 7) is 10.8. The van der Waals surface area contributed by atoms with Gasteiger partial charge in [-0.2, -0.15) is 0 Å². The lowest BCUT2D eigenvalue weighted by Crippen LogP contribution is -2.62. The normalized spacial score (nSPS) is 51.0. The first kappa shape index (κ1) is 24.0. The van der Waals surface area contributed by atoms with Crippen LogP contribution in [0.5, 0.6) is 0 Å². The molecule has 0 radical (unpaired) electrons. The molecular weight excluding hydrogens is 388 g/mol. The molecule has 0 aliphatic heterocycles. The van der Waals surface area contributed by atoms with Crippen molar-refractivity contribution < 1.29 is 20.4 Å². The second kappa shape index (κ2) is 8.25. The Kier molecular flexibility index (Phi) is 6.38. The van der Waals surface area contributed by atoms with E-state index >= 15 is 0 Å². The molecule has 0 aromatic rings. The lowest BCUT2D eigenvalue weighted by atomic mass is 9.43. The summed E-state index contributed by atoms with van der Waals surface area (Å²) in [4.78, 5) is 0. The highest BCUT2D eigenvalue weighted by atomic mass is 16.3. The molecule has 4 aliphatic rings. The summed E-state index contributed by atoms with van der Waals surface area (Å²) in [5.74, 6) is 2.44. The average Bonchev–Trinajstić information content (AvgIpc) is 3.01. The van der Waals surface area contributed by atoms with Crippen molar-refractivity contribution >= 4 is 0 Å². The van der Waals surface area contributed by atoms with Crippen LogP contribution in [-0.2, 0) is 0 Å². The molecule has 0 spiro atoms. The summed E-state index contributed by atoms with van der Waals surface area (Å²) in [5, 5.41) is 43.3. The Labute approximate surface area is 189 Å². The lowest BCUT2D eigenvalue weighted by molar-refractivity contribution is -0.207. The molecule has 0 bridgehead atoms. The van der Waals surface area contributed by atoms with Gasteiger partial charge in [0.2, 0.25) is 0 Å². The molecule has 31 heavy (non-hydrogen) atoms. The van der Waals surface area contributed by atoms with Gasteiger partial charge in [-0.25, -0.2) is 0 Å². The van der Waals surface area contributed by atoms with Crippen LogP contribution in [0.1, 0.15) is 98.8 Å². The largest absolute Gasteiger partial charge is 0.393 e. The molecule has 0 aromatic carbocycles. The molecular formula is C27H48O4. The van der Waals surface area contributed by atoms with Crippen LogP contribution in [0.25, 0.3) is 0 Å². The number of aliphatic hydroxyl groups is 4. The summed E-state index contributed by atoms with van der Waals surface area (Å²) < 4.78 is 0. The fourth-order valence-corrected chi connectivity index (χ4v) is 9.19. The van der Waals surface area contributed by atoms with E-state index in [1.807, 2.05) is 13.8 Å². The standard InChI is InChI=1S/C27H48O4/c1-16(7-6-11-25(2,3)31)19-8-9-20-24-21(15-23(30)27(19,20)5)26(4)12-10-18(28)13-17(26)14-22(24)29/h16-24,28-31H,6-15H2,1-5H3/t16-,17-,18+,19-,20+,21+,22-,23+,24+,26+,27-/m1/s1. The Morgan fingerprint density at radius 3 is 2.35 bits per heavy atom. The van der Waals surface area contributed by atoms with Crippen LogP contribution >= 0.6 is 0 Å². The summed E-state index contributed by atoms with van der Waals surface area (Å²) in [6.07, 6.45) is 8.73. The number of fused-ring (bicyclic) bond motifs is 5. The summed E-state index contributed by atoms with van der Waals surface area (Å²) in [7, 11) is 0. The zero-order chi connectivity index (χ0) is 22.8. The Morgan fingerprint density at radius 1 is 0.968 bits per heavy atom. The molecule has 4 nitrogen and oxygen atoms in total. The molecule has 4 saturated carbocycles. The van der Waals surface area contributed by atoms with Gasteiger partial charge in [-0.15, -0.1) is 0 Å². The second-order valence-electron chi connectivity index (χ2n) is 13.2. The van der Waals surface area contributed by atoms with Gasteiger partial charge in [0, 0.05) is 0 Å². The van der Waals surface area contributed by atoms with E-state index < -0.39 is 5.60 Å². The lowest BCUT2D eigenvalue weighted by Gasteiger charge is -2.63.